The molecule has 0 fully saturated rings. The van der Waals surface area contributed by atoms with Gasteiger partial charge in [-0.1, -0.05) is 58.3 Å². The zero-order valence-electron chi connectivity index (χ0n) is 13.9. The molecule has 2 rings (SSSR count). The second kappa shape index (κ2) is 8.55. The van der Waals surface area contributed by atoms with E-state index in [0.717, 1.165) is 12.8 Å². The summed E-state index contributed by atoms with van der Waals surface area (Å²) in [5.41, 5.74) is 5.38. The van der Waals surface area contributed by atoms with Crippen molar-refractivity contribution in [2.75, 3.05) is 5.73 Å². The summed E-state index contributed by atoms with van der Waals surface area (Å²) in [6.45, 7) is 2.79. The average Bonchev–Trinajstić information content (AvgIpc) is 2.82. The molecule has 2 aromatic heterocycles. The van der Waals surface area contributed by atoms with Gasteiger partial charge in [-0.3, -0.25) is 19.3 Å². The fourth-order valence-corrected chi connectivity index (χ4v) is 2.84. The van der Waals surface area contributed by atoms with E-state index < -0.39 is 5.56 Å². The van der Waals surface area contributed by atoms with Crippen LogP contribution in [-0.4, -0.2) is 19.5 Å². The number of aryl methyl sites for hydroxylation is 1. The van der Waals surface area contributed by atoms with Gasteiger partial charge >= 0.3 is 5.69 Å². The van der Waals surface area contributed by atoms with Crippen LogP contribution in [0, 0.1) is 0 Å². The fraction of sp³-hybridized carbons (Fsp3) is 0.688. The number of unbranched alkanes of at least 4 members (excludes halogenated alkanes) is 8. The summed E-state index contributed by atoms with van der Waals surface area (Å²) in [5.74, 6) is 0.0299. The van der Waals surface area contributed by atoms with Crippen molar-refractivity contribution in [3.05, 3.63) is 20.8 Å². The number of aromatic nitrogens is 4. The van der Waals surface area contributed by atoms with Gasteiger partial charge in [0.15, 0.2) is 11.2 Å². The number of aromatic amines is 2. The fourth-order valence-electron chi connectivity index (χ4n) is 2.84. The molecule has 0 aliphatic carbocycles. The van der Waals surface area contributed by atoms with E-state index in [4.69, 9.17) is 5.73 Å². The number of hydrogen-bond acceptors (Lipinski definition) is 4. The van der Waals surface area contributed by atoms with Gasteiger partial charge in [0.1, 0.15) is 0 Å². The molecule has 128 valence electrons. The number of imidazole rings is 1. The minimum Gasteiger partial charge on any atom is -0.369 e. The van der Waals surface area contributed by atoms with Crippen LogP contribution >= 0.6 is 0 Å². The lowest BCUT2D eigenvalue weighted by atomic mass is 10.1. The Morgan fingerprint density at radius 2 is 1.57 bits per heavy atom. The topological polar surface area (TPSA) is 110 Å². The minimum absolute atomic E-state index is 0.0299. The largest absolute Gasteiger partial charge is 0.369 e. The van der Waals surface area contributed by atoms with E-state index in [2.05, 4.69) is 21.9 Å². The molecule has 2 heterocycles. The monoisotopic (exact) mass is 321 g/mol. The van der Waals surface area contributed by atoms with Crippen LogP contribution in [-0.2, 0) is 6.54 Å². The van der Waals surface area contributed by atoms with Crippen molar-refractivity contribution in [1.29, 1.82) is 0 Å². The first kappa shape index (κ1) is 17.3. The maximum Gasteiger partial charge on any atom is 0.327 e. The Morgan fingerprint density at radius 1 is 0.957 bits per heavy atom. The van der Waals surface area contributed by atoms with Gasteiger partial charge in [0.2, 0.25) is 5.95 Å². The first-order valence-electron chi connectivity index (χ1n) is 8.61. The smallest absolute Gasteiger partial charge is 0.327 e. The van der Waals surface area contributed by atoms with Crippen molar-refractivity contribution in [1.82, 2.24) is 19.5 Å². The highest BCUT2D eigenvalue weighted by atomic mass is 16.2. The molecule has 0 aliphatic heterocycles. The zero-order chi connectivity index (χ0) is 16.7. The maximum atomic E-state index is 11.9. The molecule has 0 radical (unpaired) electrons. The second-order valence-corrected chi connectivity index (χ2v) is 6.06. The third-order valence-corrected chi connectivity index (χ3v) is 4.14. The van der Waals surface area contributed by atoms with Crippen LogP contribution in [0.2, 0.25) is 0 Å². The van der Waals surface area contributed by atoms with Crippen molar-refractivity contribution in [2.45, 2.75) is 71.3 Å². The van der Waals surface area contributed by atoms with Gasteiger partial charge in [0.25, 0.3) is 5.56 Å². The summed E-state index contributed by atoms with van der Waals surface area (Å²) in [7, 11) is 0. The van der Waals surface area contributed by atoms with Gasteiger partial charge in [0, 0.05) is 6.54 Å². The lowest BCUT2D eigenvalue weighted by Crippen LogP contribution is -2.17. The Balaban J connectivity index is 1.80. The quantitative estimate of drug-likeness (QED) is 0.584. The molecule has 0 bridgehead atoms. The Morgan fingerprint density at radius 3 is 2.22 bits per heavy atom. The summed E-state index contributed by atoms with van der Waals surface area (Å²) in [6.07, 6.45) is 11.0. The molecule has 0 unspecified atom stereocenters. The van der Waals surface area contributed by atoms with E-state index in [-0.39, 0.29) is 17.2 Å². The predicted octanol–water partition coefficient (Wildman–Crippen LogP) is 2.53. The van der Waals surface area contributed by atoms with Crippen LogP contribution in [0.1, 0.15) is 64.7 Å². The number of rotatable bonds is 10. The van der Waals surface area contributed by atoms with Crippen LogP contribution in [0.4, 0.5) is 5.95 Å². The molecule has 0 amide bonds. The highest BCUT2D eigenvalue weighted by molar-refractivity contribution is 5.70. The number of nitrogens with one attached hydrogen (secondary N) is 2. The number of fused-ring (bicyclic) bond motifs is 1. The lowest BCUT2D eigenvalue weighted by molar-refractivity contribution is 0.537. The molecular formula is C16H27N5O2. The van der Waals surface area contributed by atoms with Crippen LogP contribution in [0.15, 0.2) is 9.59 Å². The highest BCUT2D eigenvalue weighted by Crippen LogP contribution is 2.11. The van der Waals surface area contributed by atoms with Crippen LogP contribution in [0.3, 0.4) is 0 Å². The highest BCUT2D eigenvalue weighted by Gasteiger charge is 2.11. The Bertz CT molecular complexity index is 728. The van der Waals surface area contributed by atoms with Crippen molar-refractivity contribution in [3.8, 4) is 0 Å². The minimum atomic E-state index is -0.407. The van der Waals surface area contributed by atoms with Crippen LogP contribution in [0.25, 0.3) is 11.2 Å². The van der Waals surface area contributed by atoms with Gasteiger partial charge in [0.05, 0.1) is 0 Å². The number of H-pyrrole nitrogens is 2. The molecule has 0 saturated heterocycles. The first-order chi connectivity index (χ1) is 11.1. The standard InChI is InChI=1S/C16H27N5O2/c1-2-3-4-5-6-7-8-9-10-11-21-13-12(18-16(21)23)14(22)20-15(17)19-13/h2-11H2,1H3,(H,18,23)(H3,17,19,20,22). The average molecular weight is 321 g/mol. The molecule has 7 heteroatoms. The van der Waals surface area contributed by atoms with E-state index in [1.807, 2.05) is 0 Å². The van der Waals surface area contributed by atoms with Crippen molar-refractivity contribution >= 4 is 17.1 Å². The maximum absolute atomic E-state index is 11.9. The van der Waals surface area contributed by atoms with Gasteiger partial charge in [-0.2, -0.15) is 4.98 Å². The number of nitrogens with zero attached hydrogens (tertiary/aromatic N) is 2. The van der Waals surface area contributed by atoms with Crippen LogP contribution < -0.4 is 17.0 Å². The Kier molecular flexibility index (Phi) is 6.43. The number of anilines is 1. The molecular weight excluding hydrogens is 294 g/mol. The number of nitrogen functional groups attached to an aromatic ring is 1. The van der Waals surface area contributed by atoms with Gasteiger partial charge in [-0.05, 0) is 6.42 Å². The predicted molar refractivity (Wildman–Crippen MR) is 92.6 cm³/mol. The van der Waals surface area contributed by atoms with E-state index in [9.17, 15) is 9.59 Å². The van der Waals surface area contributed by atoms with Crippen molar-refractivity contribution < 1.29 is 0 Å². The van der Waals surface area contributed by atoms with Gasteiger partial charge in [-0.15, -0.1) is 0 Å². The molecule has 0 atom stereocenters. The molecule has 2 aromatic rings. The van der Waals surface area contributed by atoms with E-state index in [1.54, 1.807) is 0 Å². The lowest BCUT2D eigenvalue weighted by Gasteiger charge is -2.04. The Hall–Kier alpha value is -2.05. The Labute approximate surface area is 135 Å². The number of hydrogen-bond donors (Lipinski definition) is 3. The zero-order valence-corrected chi connectivity index (χ0v) is 13.9. The van der Waals surface area contributed by atoms with Crippen molar-refractivity contribution in [2.24, 2.45) is 0 Å². The van der Waals surface area contributed by atoms with Crippen LogP contribution in [0.5, 0.6) is 0 Å². The second-order valence-electron chi connectivity index (χ2n) is 6.06. The van der Waals surface area contributed by atoms with Crippen molar-refractivity contribution in [3.63, 3.8) is 0 Å². The summed E-state index contributed by atoms with van der Waals surface area (Å²) in [6, 6.07) is 0. The molecule has 0 aromatic carbocycles. The molecule has 0 aliphatic rings. The third kappa shape index (κ3) is 4.71. The summed E-state index contributed by atoms with van der Waals surface area (Å²) < 4.78 is 1.50. The third-order valence-electron chi connectivity index (χ3n) is 4.14. The van der Waals surface area contributed by atoms with Gasteiger partial charge in [-0.25, -0.2) is 4.79 Å². The van der Waals surface area contributed by atoms with E-state index in [1.165, 1.54) is 49.5 Å². The summed E-state index contributed by atoms with van der Waals surface area (Å²) in [5, 5.41) is 0. The van der Waals surface area contributed by atoms with Gasteiger partial charge < -0.3 is 5.73 Å². The molecule has 4 N–H and O–H groups in total. The normalized spacial score (nSPS) is 11.3. The summed E-state index contributed by atoms with van der Waals surface area (Å²) >= 11 is 0. The molecule has 7 nitrogen and oxygen atoms in total. The summed E-state index contributed by atoms with van der Waals surface area (Å²) in [4.78, 5) is 32.7. The first-order valence-corrected chi connectivity index (χ1v) is 8.61. The molecule has 23 heavy (non-hydrogen) atoms. The SMILES string of the molecule is CCCCCCCCCCCn1c(=O)[nH]c2c(=O)[nH]c(N)nc21. The van der Waals surface area contributed by atoms with E-state index >= 15 is 0 Å². The number of nitrogens with two attached hydrogens (primary N) is 1. The molecule has 0 spiro atoms. The van der Waals surface area contributed by atoms with E-state index in [0.29, 0.717) is 12.2 Å². The molecule has 0 saturated carbocycles.